The zero-order valence-electron chi connectivity index (χ0n) is 8.85. The maximum absolute atomic E-state index is 5.80. The minimum Gasteiger partial charge on any atom is -0.367 e. The highest BCUT2D eigenvalue weighted by Crippen LogP contribution is 2.16. The van der Waals surface area contributed by atoms with Crippen molar-refractivity contribution in [2.45, 2.75) is 13.0 Å². The molecule has 2 aromatic rings. The summed E-state index contributed by atoms with van der Waals surface area (Å²) in [5.41, 5.74) is 0. The summed E-state index contributed by atoms with van der Waals surface area (Å²) in [5, 5.41) is 14.6. The molecule has 0 radical (unpaired) electrons. The minimum atomic E-state index is 0.0731. The molecule has 2 heterocycles. The molecule has 0 amide bonds. The van der Waals surface area contributed by atoms with Crippen molar-refractivity contribution >= 4 is 29.0 Å². The number of nitrogens with zero attached hydrogens (tertiary/aromatic N) is 5. The fraction of sp³-hybridized carbons (Fsp3) is 0.333. The first-order chi connectivity index (χ1) is 8.25. The first kappa shape index (κ1) is 12.1. The molecule has 8 heteroatoms. The fourth-order valence-electron chi connectivity index (χ4n) is 1.29. The van der Waals surface area contributed by atoms with Gasteiger partial charge in [-0.05, 0) is 24.1 Å². The molecule has 0 aliphatic heterocycles. The van der Waals surface area contributed by atoms with Crippen molar-refractivity contribution in [3.05, 3.63) is 28.9 Å². The summed E-state index contributed by atoms with van der Waals surface area (Å²) in [7, 11) is 0. The molecule has 1 N–H and O–H groups in total. The largest absolute Gasteiger partial charge is 0.367 e. The van der Waals surface area contributed by atoms with E-state index in [9.17, 15) is 0 Å². The Morgan fingerprint density at radius 1 is 1.29 bits per heavy atom. The van der Waals surface area contributed by atoms with Crippen molar-refractivity contribution < 1.29 is 0 Å². The number of halogens is 2. The Morgan fingerprint density at radius 2 is 2.18 bits per heavy atom. The molecule has 0 saturated carbocycles. The van der Waals surface area contributed by atoms with Crippen molar-refractivity contribution in [1.29, 1.82) is 0 Å². The maximum Gasteiger partial charge on any atom is 0.245 e. The van der Waals surface area contributed by atoms with E-state index >= 15 is 0 Å². The standard InChI is InChI=1S/C9H10Cl2N6/c10-7-8(14-9(11)16-15-7)12-3-1-5-17-6-2-4-13-17/h2,4,6H,1,3,5H2,(H,12,14,16). The Kier molecular flexibility index (Phi) is 4.11. The highest BCUT2D eigenvalue weighted by atomic mass is 35.5. The van der Waals surface area contributed by atoms with Gasteiger partial charge in [-0.25, -0.2) is 0 Å². The predicted octanol–water partition coefficient (Wildman–Crippen LogP) is 1.88. The molecule has 0 saturated heterocycles. The molecule has 2 rings (SSSR count). The number of rotatable bonds is 5. The van der Waals surface area contributed by atoms with Gasteiger partial charge in [0.1, 0.15) is 0 Å². The summed E-state index contributed by atoms with van der Waals surface area (Å²) in [6, 6.07) is 1.89. The highest BCUT2D eigenvalue weighted by Gasteiger charge is 2.04. The molecule has 6 nitrogen and oxygen atoms in total. The quantitative estimate of drug-likeness (QED) is 0.842. The van der Waals surface area contributed by atoms with Gasteiger partial charge in [0.15, 0.2) is 11.0 Å². The second-order valence-corrected chi connectivity index (χ2v) is 3.97. The Bertz CT molecular complexity index is 472. The Balaban J connectivity index is 1.80. The average Bonchev–Trinajstić information content (AvgIpc) is 2.82. The fourth-order valence-corrected chi connectivity index (χ4v) is 1.56. The second-order valence-electron chi connectivity index (χ2n) is 3.27. The van der Waals surface area contributed by atoms with Crippen LogP contribution in [0.3, 0.4) is 0 Å². The Hall–Kier alpha value is -1.40. The van der Waals surface area contributed by atoms with Gasteiger partial charge >= 0.3 is 0 Å². The van der Waals surface area contributed by atoms with Crippen LogP contribution in [-0.4, -0.2) is 31.5 Å². The zero-order chi connectivity index (χ0) is 12.1. The van der Waals surface area contributed by atoms with Crippen LogP contribution >= 0.6 is 23.2 Å². The second kappa shape index (κ2) is 5.79. The molecule has 2 aromatic heterocycles. The van der Waals surface area contributed by atoms with E-state index in [1.807, 2.05) is 16.9 Å². The van der Waals surface area contributed by atoms with Gasteiger partial charge in [-0.2, -0.15) is 10.1 Å². The number of aromatic nitrogens is 5. The minimum absolute atomic E-state index is 0.0731. The van der Waals surface area contributed by atoms with Gasteiger partial charge in [-0.15, -0.1) is 10.2 Å². The number of hydrogen-bond acceptors (Lipinski definition) is 5. The summed E-state index contributed by atoms with van der Waals surface area (Å²) in [6.45, 7) is 1.53. The van der Waals surface area contributed by atoms with Crippen LogP contribution in [0.1, 0.15) is 6.42 Å². The molecule has 0 atom stereocenters. The van der Waals surface area contributed by atoms with Crippen LogP contribution in [0, 0.1) is 0 Å². The summed E-state index contributed by atoms with van der Waals surface area (Å²) < 4.78 is 1.86. The zero-order valence-corrected chi connectivity index (χ0v) is 10.4. The van der Waals surface area contributed by atoms with Gasteiger partial charge in [-0.3, -0.25) is 4.68 Å². The SMILES string of the molecule is Clc1nnc(Cl)c(NCCCn2cccn2)n1. The van der Waals surface area contributed by atoms with Crippen molar-refractivity contribution in [2.24, 2.45) is 0 Å². The molecule has 0 bridgehead atoms. The monoisotopic (exact) mass is 272 g/mol. The van der Waals surface area contributed by atoms with Gasteiger partial charge in [0.25, 0.3) is 0 Å². The van der Waals surface area contributed by atoms with Crippen molar-refractivity contribution in [3.8, 4) is 0 Å². The third kappa shape index (κ3) is 3.54. The van der Waals surface area contributed by atoms with Gasteiger partial charge in [-0.1, -0.05) is 11.6 Å². The lowest BCUT2D eigenvalue weighted by Crippen LogP contribution is -2.09. The van der Waals surface area contributed by atoms with Crippen molar-refractivity contribution in [3.63, 3.8) is 0 Å². The maximum atomic E-state index is 5.80. The lowest BCUT2D eigenvalue weighted by Gasteiger charge is -2.06. The summed E-state index contributed by atoms with van der Waals surface area (Å²) in [5.74, 6) is 0.451. The van der Waals surface area contributed by atoms with Crippen LogP contribution in [0.5, 0.6) is 0 Å². The number of nitrogens with one attached hydrogen (secondary N) is 1. The molecule has 90 valence electrons. The van der Waals surface area contributed by atoms with E-state index in [0.717, 1.165) is 13.0 Å². The first-order valence-electron chi connectivity index (χ1n) is 5.03. The van der Waals surface area contributed by atoms with E-state index in [1.165, 1.54) is 0 Å². The summed E-state index contributed by atoms with van der Waals surface area (Å²) >= 11 is 11.4. The molecule has 0 unspecified atom stereocenters. The molecule has 0 aliphatic carbocycles. The van der Waals surface area contributed by atoms with E-state index in [4.69, 9.17) is 23.2 Å². The lowest BCUT2D eigenvalue weighted by atomic mass is 10.4. The van der Waals surface area contributed by atoms with E-state index in [-0.39, 0.29) is 10.4 Å². The third-order valence-corrected chi connectivity index (χ3v) is 2.45. The van der Waals surface area contributed by atoms with Crippen molar-refractivity contribution in [2.75, 3.05) is 11.9 Å². The average molecular weight is 273 g/mol. The third-order valence-electron chi connectivity index (χ3n) is 2.04. The van der Waals surface area contributed by atoms with Crippen LogP contribution in [0.2, 0.25) is 10.4 Å². The van der Waals surface area contributed by atoms with Crippen LogP contribution in [-0.2, 0) is 6.54 Å². The van der Waals surface area contributed by atoms with Gasteiger partial charge in [0.05, 0.1) is 0 Å². The molecule has 17 heavy (non-hydrogen) atoms. The van der Waals surface area contributed by atoms with E-state index in [2.05, 4.69) is 25.6 Å². The molecule has 0 aromatic carbocycles. The first-order valence-corrected chi connectivity index (χ1v) is 5.78. The normalized spacial score (nSPS) is 10.5. The van der Waals surface area contributed by atoms with E-state index in [0.29, 0.717) is 12.4 Å². The topological polar surface area (TPSA) is 68.5 Å². The number of anilines is 1. The molecule has 0 spiro atoms. The Morgan fingerprint density at radius 3 is 2.94 bits per heavy atom. The molecule has 0 aliphatic rings. The van der Waals surface area contributed by atoms with Crippen LogP contribution in [0.25, 0.3) is 0 Å². The van der Waals surface area contributed by atoms with Crippen LogP contribution < -0.4 is 5.32 Å². The van der Waals surface area contributed by atoms with E-state index in [1.54, 1.807) is 6.20 Å². The molecular formula is C9H10Cl2N6. The predicted molar refractivity (Wildman–Crippen MR) is 65.2 cm³/mol. The lowest BCUT2D eigenvalue weighted by molar-refractivity contribution is 0.591. The highest BCUT2D eigenvalue weighted by molar-refractivity contribution is 6.32. The smallest absolute Gasteiger partial charge is 0.245 e. The van der Waals surface area contributed by atoms with E-state index < -0.39 is 0 Å². The number of hydrogen-bond donors (Lipinski definition) is 1. The van der Waals surface area contributed by atoms with Crippen molar-refractivity contribution in [1.82, 2.24) is 25.0 Å². The molecule has 0 fully saturated rings. The summed E-state index contributed by atoms with van der Waals surface area (Å²) in [6.07, 6.45) is 4.55. The molecular weight excluding hydrogens is 263 g/mol. The summed E-state index contributed by atoms with van der Waals surface area (Å²) in [4.78, 5) is 3.93. The van der Waals surface area contributed by atoms with Gasteiger partial charge < -0.3 is 5.32 Å². The Labute approximate surface area is 108 Å². The van der Waals surface area contributed by atoms with Gasteiger partial charge in [0.2, 0.25) is 5.28 Å². The van der Waals surface area contributed by atoms with Crippen LogP contribution in [0.4, 0.5) is 5.82 Å². The van der Waals surface area contributed by atoms with Gasteiger partial charge in [0, 0.05) is 25.5 Å². The number of aryl methyl sites for hydroxylation is 1. The van der Waals surface area contributed by atoms with Crippen LogP contribution in [0.15, 0.2) is 18.5 Å².